The summed E-state index contributed by atoms with van der Waals surface area (Å²) in [6, 6.07) is 11.9. The van der Waals surface area contributed by atoms with E-state index in [2.05, 4.69) is 38.9 Å². The van der Waals surface area contributed by atoms with Gasteiger partial charge in [-0.2, -0.15) is 0 Å². The molecule has 3 amide bonds. The molecular weight excluding hydrogens is 454 g/mol. The minimum Gasteiger partial charge on any atom is -0.333 e. The predicted octanol–water partition coefficient (Wildman–Crippen LogP) is 4.21. The number of carbonyl (C=O) groups is 2. The van der Waals surface area contributed by atoms with Crippen LogP contribution in [0.4, 0.5) is 10.5 Å². The fourth-order valence-corrected chi connectivity index (χ4v) is 5.41. The second-order valence-corrected chi connectivity index (χ2v) is 10.2. The summed E-state index contributed by atoms with van der Waals surface area (Å²) < 4.78 is 0. The molecule has 9 heteroatoms. The summed E-state index contributed by atoms with van der Waals surface area (Å²) in [6.07, 6.45) is 0.877. The fourth-order valence-electron chi connectivity index (χ4n) is 3.81. The lowest BCUT2D eigenvalue weighted by Gasteiger charge is -2.34. The Kier molecular flexibility index (Phi) is 7.74. The molecule has 174 valence electrons. The van der Waals surface area contributed by atoms with Crippen LogP contribution in [-0.4, -0.2) is 59.4 Å². The lowest BCUT2D eigenvalue weighted by Crippen LogP contribution is -2.52. The van der Waals surface area contributed by atoms with Gasteiger partial charge in [-0.1, -0.05) is 25.1 Å². The van der Waals surface area contributed by atoms with Crippen LogP contribution in [-0.2, 0) is 17.8 Å². The Bertz CT molecular complexity index is 1100. The number of hydrogen-bond acceptors (Lipinski definition) is 6. The van der Waals surface area contributed by atoms with Crippen molar-refractivity contribution in [1.29, 1.82) is 0 Å². The number of urea groups is 1. The van der Waals surface area contributed by atoms with E-state index in [1.54, 1.807) is 22.7 Å². The van der Waals surface area contributed by atoms with Crippen LogP contribution in [0.3, 0.4) is 0 Å². The molecule has 1 aromatic carbocycles. The van der Waals surface area contributed by atoms with Gasteiger partial charge in [0.05, 0.1) is 28.7 Å². The van der Waals surface area contributed by atoms with Crippen molar-refractivity contribution in [2.45, 2.75) is 26.8 Å². The molecule has 7 nitrogen and oxygen atoms in total. The van der Waals surface area contributed by atoms with Crippen molar-refractivity contribution in [3.05, 3.63) is 57.2 Å². The van der Waals surface area contributed by atoms with E-state index in [4.69, 9.17) is 0 Å². The molecule has 0 spiro atoms. The zero-order valence-electron chi connectivity index (χ0n) is 19.0. The highest BCUT2D eigenvalue weighted by molar-refractivity contribution is 7.16. The number of carbonyl (C=O) groups excluding carboxylic acids is 2. The quantitative estimate of drug-likeness (QED) is 0.528. The van der Waals surface area contributed by atoms with Crippen LogP contribution in [0.1, 0.15) is 22.4 Å². The third kappa shape index (κ3) is 6.19. The Morgan fingerprint density at radius 1 is 1.09 bits per heavy atom. The van der Waals surface area contributed by atoms with E-state index in [0.717, 1.165) is 38.1 Å². The average molecular weight is 484 g/mol. The molecule has 0 bridgehead atoms. The van der Waals surface area contributed by atoms with Gasteiger partial charge in [0.1, 0.15) is 0 Å². The minimum atomic E-state index is -0.0598. The summed E-state index contributed by atoms with van der Waals surface area (Å²) in [4.78, 5) is 35.7. The number of aromatic nitrogens is 1. The second kappa shape index (κ2) is 10.9. The first kappa shape index (κ1) is 23.4. The van der Waals surface area contributed by atoms with Gasteiger partial charge in [0.2, 0.25) is 5.91 Å². The smallest absolute Gasteiger partial charge is 0.317 e. The third-order valence-electron chi connectivity index (χ3n) is 5.65. The number of nitrogens with one attached hydrogen (secondary N) is 2. The molecule has 1 aliphatic rings. The summed E-state index contributed by atoms with van der Waals surface area (Å²) in [7, 11) is 0. The molecule has 1 aliphatic heterocycles. The van der Waals surface area contributed by atoms with Crippen molar-refractivity contribution in [2.24, 2.45) is 0 Å². The maximum atomic E-state index is 12.6. The molecule has 0 aliphatic carbocycles. The minimum absolute atomic E-state index is 0.0161. The fraction of sp³-hybridized carbons (Fsp3) is 0.375. The lowest BCUT2D eigenvalue weighted by molar-refractivity contribution is -0.117. The highest BCUT2D eigenvalue weighted by atomic mass is 32.1. The van der Waals surface area contributed by atoms with Crippen LogP contribution in [0, 0.1) is 6.92 Å². The van der Waals surface area contributed by atoms with Gasteiger partial charge >= 0.3 is 6.03 Å². The topological polar surface area (TPSA) is 77.6 Å². The monoisotopic (exact) mass is 483 g/mol. The summed E-state index contributed by atoms with van der Waals surface area (Å²) in [5, 5.41) is 9.15. The number of nitrogens with zero attached hydrogens (tertiary/aromatic N) is 3. The van der Waals surface area contributed by atoms with Gasteiger partial charge in [-0.25, -0.2) is 9.78 Å². The molecule has 33 heavy (non-hydrogen) atoms. The normalized spacial score (nSPS) is 14.3. The van der Waals surface area contributed by atoms with Gasteiger partial charge in [-0.3, -0.25) is 9.69 Å². The summed E-state index contributed by atoms with van der Waals surface area (Å²) in [5.74, 6) is -0.0161. The van der Waals surface area contributed by atoms with Gasteiger partial charge in [-0.05, 0) is 37.1 Å². The van der Waals surface area contributed by atoms with Crippen molar-refractivity contribution in [1.82, 2.24) is 20.1 Å². The van der Waals surface area contributed by atoms with Crippen LogP contribution in [0.5, 0.6) is 0 Å². The van der Waals surface area contributed by atoms with Gasteiger partial charge in [0.25, 0.3) is 0 Å². The third-order valence-corrected chi connectivity index (χ3v) is 7.53. The average Bonchev–Trinajstić information content (AvgIpc) is 3.47. The highest BCUT2D eigenvalue weighted by Gasteiger charge is 2.22. The molecule has 0 saturated carbocycles. The van der Waals surface area contributed by atoms with Gasteiger partial charge in [0.15, 0.2) is 0 Å². The van der Waals surface area contributed by atoms with Gasteiger partial charge < -0.3 is 15.5 Å². The van der Waals surface area contributed by atoms with E-state index >= 15 is 0 Å². The second-order valence-electron chi connectivity index (χ2n) is 8.00. The molecule has 2 N–H and O–H groups in total. The van der Waals surface area contributed by atoms with Crippen LogP contribution in [0.2, 0.25) is 0 Å². The highest BCUT2D eigenvalue weighted by Crippen LogP contribution is 2.29. The number of thiophene rings is 1. The maximum absolute atomic E-state index is 12.6. The predicted molar refractivity (Wildman–Crippen MR) is 135 cm³/mol. The van der Waals surface area contributed by atoms with Crippen LogP contribution < -0.4 is 10.6 Å². The van der Waals surface area contributed by atoms with Crippen molar-refractivity contribution in [3.8, 4) is 10.6 Å². The Hall–Kier alpha value is -2.75. The van der Waals surface area contributed by atoms with E-state index in [0.29, 0.717) is 39.3 Å². The van der Waals surface area contributed by atoms with E-state index in [1.807, 2.05) is 42.2 Å². The summed E-state index contributed by atoms with van der Waals surface area (Å²) in [5.41, 5.74) is 3.01. The molecule has 0 radical (unpaired) electrons. The number of hydrogen-bond donors (Lipinski definition) is 2. The Balaban J connectivity index is 1.20. The van der Waals surface area contributed by atoms with E-state index < -0.39 is 0 Å². The van der Waals surface area contributed by atoms with E-state index in [1.165, 1.54) is 0 Å². The van der Waals surface area contributed by atoms with Crippen molar-refractivity contribution in [3.63, 3.8) is 0 Å². The molecule has 1 fully saturated rings. The molecule has 2 aromatic heterocycles. The number of thiazole rings is 1. The maximum Gasteiger partial charge on any atom is 0.317 e. The Labute approximate surface area is 202 Å². The summed E-state index contributed by atoms with van der Waals surface area (Å²) >= 11 is 3.30. The standard InChI is InChI=1S/C24H29N5O2S2/c1-3-18-6-4-5-7-20(18)27-23(30)15-28-10-12-29(13-11-28)24(31)25-14-19-8-9-22(33-19)21-16-32-17(2)26-21/h4-9,16H,3,10-15H2,1-2H3,(H,25,31)(H,27,30). The van der Waals surface area contributed by atoms with Gasteiger partial charge in [-0.15, -0.1) is 22.7 Å². The molecule has 4 rings (SSSR count). The zero-order valence-corrected chi connectivity index (χ0v) is 20.6. The molecule has 3 aromatic rings. The zero-order chi connectivity index (χ0) is 23.2. The number of aryl methyl sites for hydroxylation is 2. The SMILES string of the molecule is CCc1ccccc1NC(=O)CN1CCN(C(=O)NCc2ccc(-c3csc(C)n3)s2)CC1. The van der Waals surface area contributed by atoms with Crippen molar-refractivity contribution >= 4 is 40.3 Å². The lowest BCUT2D eigenvalue weighted by atomic mass is 10.1. The van der Waals surface area contributed by atoms with Gasteiger partial charge in [0, 0.05) is 42.1 Å². The van der Waals surface area contributed by atoms with E-state index in [9.17, 15) is 9.59 Å². The number of para-hydroxylation sites is 1. The molecule has 0 unspecified atom stereocenters. The first-order chi connectivity index (χ1) is 16.0. The summed E-state index contributed by atoms with van der Waals surface area (Å²) in [6.45, 7) is 7.50. The van der Waals surface area contributed by atoms with Crippen LogP contribution in [0.25, 0.3) is 10.6 Å². The first-order valence-electron chi connectivity index (χ1n) is 11.2. The molecule has 3 heterocycles. The number of piperazine rings is 1. The number of anilines is 1. The van der Waals surface area contributed by atoms with Crippen LogP contribution in [0.15, 0.2) is 41.8 Å². The largest absolute Gasteiger partial charge is 0.333 e. The number of rotatable bonds is 7. The molecule has 0 atom stereocenters. The van der Waals surface area contributed by atoms with Crippen molar-refractivity contribution < 1.29 is 9.59 Å². The Morgan fingerprint density at radius 3 is 2.61 bits per heavy atom. The van der Waals surface area contributed by atoms with Crippen LogP contribution >= 0.6 is 22.7 Å². The van der Waals surface area contributed by atoms with Crippen molar-refractivity contribution in [2.75, 3.05) is 38.0 Å². The van der Waals surface area contributed by atoms with E-state index in [-0.39, 0.29) is 11.9 Å². The first-order valence-corrected chi connectivity index (χ1v) is 12.9. The molecule has 1 saturated heterocycles. The number of benzene rings is 1. The molecular formula is C24H29N5O2S2. The Morgan fingerprint density at radius 2 is 1.88 bits per heavy atom. The number of amides is 3.